The van der Waals surface area contributed by atoms with Crippen molar-refractivity contribution in [3.05, 3.63) is 16.9 Å². The summed E-state index contributed by atoms with van der Waals surface area (Å²) in [6, 6.07) is 1.96. The second-order valence-corrected chi connectivity index (χ2v) is 5.83. The van der Waals surface area contributed by atoms with E-state index in [9.17, 15) is 0 Å². The molecule has 1 aromatic heterocycles. The van der Waals surface area contributed by atoms with Crippen molar-refractivity contribution >= 4 is 17.5 Å². The molecule has 0 bridgehead atoms. The van der Waals surface area contributed by atoms with Crippen LogP contribution in [0.5, 0.6) is 0 Å². The Morgan fingerprint density at radius 3 is 2.44 bits per heavy atom. The van der Waals surface area contributed by atoms with E-state index < -0.39 is 0 Å². The number of rotatable bonds is 2. The third kappa shape index (κ3) is 2.61. The lowest BCUT2D eigenvalue weighted by Crippen LogP contribution is -2.31. The Kier molecular flexibility index (Phi) is 3.69. The molecule has 3 rings (SSSR count). The van der Waals surface area contributed by atoms with Crippen molar-refractivity contribution in [2.75, 3.05) is 18.0 Å². The van der Waals surface area contributed by atoms with Crippen molar-refractivity contribution in [2.24, 2.45) is 0 Å². The van der Waals surface area contributed by atoms with Crippen LogP contribution in [0.2, 0.25) is 5.15 Å². The van der Waals surface area contributed by atoms with E-state index in [4.69, 9.17) is 16.6 Å². The van der Waals surface area contributed by atoms with Crippen molar-refractivity contribution < 1.29 is 0 Å². The van der Waals surface area contributed by atoms with E-state index in [1.807, 2.05) is 6.07 Å². The van der Waals surface area contributed by atoms with Gasteiger partial charge in [0.15, 0.2) is 0 Å². The lowest BCUT2D eigenvalue weighted by atomic mass is 10.0. The predicted molar refractivity (Wildman–Crippen MR) is 74.3 cm³/mol. The van der Waals surface area contributed by atoms with Gasteiger partial charge in [-0.2, -0.15) is 0 Å². The van der Waals surface area contributed by atoms with Gasteiger partial charge in [0.25, 0.3) is 0 Å². The van der Waals surface area contributed by atoms with Gasteiger partial charge in [0, 0.05) is 19.0 Å². The highest BCUT2D eigenvalue weighted by Gasteiger charge is 2.21. The van der Waals surface area contributed by atoms with Crippen LogP contribution in [0.4, 0.5) is 5.95 Å². The normalized spacial score (nSPS) is 21.5. The first-order valence-corrected chi connectivity index (χ1v) is 7.50. The lowest BCUT2D eigenvalue weighted by molar-refractivity contribution is 0.565. The van der Waals surface area contributed by atoms with E-state index in [0.29, 0.717) is 11.1 Å². The lowest BCUT2D eigenvalue weighted by Gasteiger charge is -2.27. The van der Waals surface area contributed by atoms with Crippen LogP contribution >= 0.6 is 11.6 Å². The highest BCUT2D eigenvalue weighted by atomic mass is 35.5. The standard InChI is InChI=1S/C14H20ClN3/c15-13-10-12(11-6-2-3-7-11)16-14(17-13)18-8-4-1-5-9-18/h10-11H,1-9H2. The summed E-state index contributed by atoms with van der Waals surface area (Å²) in [6.07, 6.45) is 8.98. The maximum absolute atomic E-state index is 6.17. The molecular formula is C14H20ClN3. The number of piperidine rings is 1. The monoisotopic (exact) mass is 265 g/mol. The molecule has 98 valence electrons. The van der Waals surface area contributed by atoms with E-state index in [1.54, 1.807) is 0 Å². The fourth-order valence-electron chi connectivity index (χ4n) is 3.09. The van der Waals surface area contributed by atoms with Gasteiger partial charge in [-0.05, 0) is 38.2 Å². The summed E-state index contributed by atoms with van der Waals surface area (Å²) in [7, 11) is 0. The van der Waals surface area contributed by atoms with Crippen molar-refractivity contribution in [1.82, 2.24) is 9.97 Å². The van der Waals surface area contributed by atoms with Crippen LogP contribution in [0.25, 0.3) is 0 Å². The minimum Gasteiger partial charge on any atom is -0.341 e. The Labute approximate surface area is 114 Å². The van der Waals surface area contributed by atoms with E-state index in [0.717, 1.165) is 24.7 Å². The summed E-state index contributed by atoms with van der Waals surface area (Å²) in [5.74, 6) is 1.46. The first kappa shape index (κ1) is 12.2. The van der Waals surface area contributed by atoms with Crippen molar-refractivity contribution in [3.8, 4) is 0 Å². The molecule has 18 heavy (non-hydrogen) atoms. The molecule has 2 fully saturated rings. The maximum Gasteiger partial charge on any atom is 0.226 e. The molecule has 0 radical (unpaired) electrons. The zero-order valence-corrected chi connectivity index (χ0v) is 11.5. The molecule has 0 spiro atoms. The molecule has 2 aliphatic rings. The predicted octanol–water partition coefficient (Wildman–Crippen LogP) is 3.78. The molecule has 1 aliphatic carbocycles. The van der Waals surface area contributed by atoms with Crippen LogP contribution in [0, 0.1) is 0 Å². The molecule has 0 N–H and O–H groups in total. The minimum atomic E-state index is 0.604. The summed E-state index contributed by atoms with van der Waals surface area (Å²) in [5.41, 5.74) is 1.16. The Hall–Kier alpha value is -0.830. The quantitative estimate of drug-likeness (QED) is 0.762. The summed E-state index contributed by atoms with van der Waals surface area (Å²) in [6.45, 7) is 2.15. The molecule has 1 saturated heterocycles. The molecular weight excluding hydrogens is 246 g/mol. The van der Waals surface area contributed by atoms with E-state index in [1.165, 1.54) is 44.9 Å². The molecule has 2 heterocycles. The van der Waals surface area contributed by atoms with Crippen LogP contribution in [0.1, 0.15) is 56.6 Å². The average molecular weight is 266 g/mol. The van der Waals surface area contributed by atoms with Crippen molar-refractivity contribution in [2.45, 2.75) is 50.9 Å². The second-order valence-electron chi connectivity index (χ2n) is 5.44. The third-order valence-corrected chi connectivity index (χ3v) is 4.31. The molecule has 0 unspecified atom stereocenters. The molecule has 1 saturated carbocycles. The molecule has 0 aromatic carbocycles. The Balaban J connectivity index is 1.84. The van der Waals surface area contributed by atoms with E-state index in [-0.39, 0.29) is 0 Å². The molecule has 0 amide bonds. The van der Waals surface area contributed by atoms with Gasteiger partial charge in [-0.15, -0.1) is 0 Å². The molecule has 0 atom stereocenters. The largest absolute Gasteiger partial charge is 0.341 e. The highest BCUT2D eigenvalue weighted by molar-refractivity contribution is 6.29. The van der Waals surface area contributed by atoms with Gasteiger partial charge in [0.05, 0.1) is 5.69 Å². The molecule has 1 aromatic rings. The fraction of sp³-hybridized carbons (Fsp3) is 0.714. The minimum absolute atomic E-state index is 0.604. The van der Waals surface area contributed by atoms with Gasteiger partial charge in [0.2, 0.25) is 5.95 Å². The highest BCUT2D eigenvalue weighted by Crippen LogP contribution is 2.34. The van der Waals surface area contributed by atoms with Gasteiger partial charge in [-0.25, -0.2) is 9.97 Å². The molecule has 4 heteroatoms. The Bertz CT molecular complexity index is 410. The first-order valence-electron chi connectivity index (χ1n) is 7.12. The number of anilines is 1. The van der Waals surface area contributed by atoms with Gasteiger partial charge in [0.1, 0.15) is 5.15 Å². The van der Waals surface area contributed by atoms with Crippen molar-refractivity contribution in [3.63, 3.8) is 0 Å². The summed E-state index contributed by atoms with van der Waals surface area (Å²) in [4.78, 5) is 11.5. The summed E-state index contributed by atoms with van der Waals surface area (Å²) >= 11 is 6.17. The van der Waals surface area contributed by atoms with E-state index >= 15 is 0 Å². The number of hydrogen-bond donors (Lipinski definition) is 0. The smallest absolute Gasteiger partial charge is 0.226 e. The third-order valence-electron chi connectivity index (χ3n) is 4.12. The molecule has 3 nitrogen and oxygen atoms in total. The topological polar surface area (TPSA) is 29.0 Å². The number of nitrogens with zero attached hydrogens (tertiary/aromatic N) is 3. The number of halogens is 1. The second kappa shape index (κ2) is 5.43. The summed E-state index contributed by atoms with van der Waals surface area (Å²) < 4.78 is 0. The zero-order chi connectivity index (χ0) is 12.4. The van der Waals surface area contributed by atoms with Gasteiger partial charge in [-0.3, -0.25) is 0 Å². The van der Waals surface area contributed by atoms with Gasteiger partial charge < -0.3 is 4.90 Å². The zero-order valence-electron chi connectivity index (χ0n) is 10.7. The number of hydrogen-bond acceptors (Lipinski definition) is 3. The Morgan fingerprint density at radius 2 is 1.72 bits per heavy atom. The summed E-state index contributed by atoms with van der Waals surface area (Å²) in [5, 5.41) is 0.604. The van der Waals surface area contributed by atoms with Crippen LogP contribution in [-0.4, -0.2) is 23.1 Å². The average Bonchev–Trinajstić information content (AvgIpc) is 2.93. The SMILES string of the molecule is Clc1cc(C2CCCC2)nc(N2CCCCC2)n1. The van der Waals surface area contributed by atoms with Crippen molar-refractivity contribution in [1.29, 1.82) is 0 Å². The van der Waals surface area contributed by atoms with Gasteiger partial charge in [-0.1, -0.05) is 24.4 Å². The van der Waals surface area contributed by atoms with Crippen LogP contribution in [0.15, 0.2) is 6.07 Å². The maximum atomic E-state index is 6.17. The van der Waals surface area contributed by atoms with Crippen LogP contribution < -0.4 is 4.90 Å². The van der Waals surface area contributed by atoms with E-state index in [2.05, 4.69) is 9.88 Å². The molecule has 1 aliphatic heterocycles. The van der Waals surface area contributed by atoms with Crippen LogP contribution in [-0.2, 0) is 0 Å². The Morgan fingerprint density at radius 1 is 1.00 bits per heavy atom. The fourth-order valence-corrected chi connectivity index (χ4v) is 3.28. The van der Waals surface area contributed by atoms with Crippen LogP contribution in [0.3, 0.4) is 0 Å². The number of aromatic nitrogens is 2. The van der Waals surface area contributed by atoms with Gasteiger partial charge >= 0.3 is 0 Å². The first-order chi connectivity index (χ1) is 8.83.